The van der Waals surface area contributed by atoms with Gasteiger partial charge in [-0.2, -0.15) is 0 Å². The number of carbonyl (C=O) groups excluding carboxylic acids is 2. The molecule has 0 aromatic carbocycles. The number of urea groups is 2. The SMILES string of the molecule is C1CCOC1.CC(C)(C)[Si](C)(C)Oc1ccc(NC(=O)N2CCN(c3ccc(CO)cn3)CC2)nc1.Cl.O=C(Nc1ccc(O)cn1)N1CCN(c2ccc(CO)cn2)CC1. The molecule has 4 aromatic heterocycles. The largest absolute Gasteiger partial charge is 0.542 e. The van der Waals surface area contributed by atoms with Crippen LogP contribution in [-0.2, 0) is 18.0 Å². The maximum Gasteiger partial charge on any atom is 0.323 e. The lowest BCUT2D eigenvalue weighted by Crippen LogP contribution is -2.50. The maximum absolute atomic E-state index is 12.6. The van der Waals surface area contributed by atoms with Gasteiger partial charge in [0.2, 0.25) is 0 Å². The van der Waals surface area contributed by atoms with Gasteiger partial charge in [0.25, 0.3) is 8.32 Å². The summed E-state index contributed by atoms with van der Waals surface area (Å²) in [6.07, 6.45) is 8.86. The van der Waals surface area contributed by atoms with E-state index in [0.717, 1.165) is 41.7 Å². The summed E-state index contributed by atoms with van der Waals surface area (Å²) in [4.78, 5) is 49.6. The fraction of sp³-hybridized carbons (Fsp3) is 0.476. The van der Waals surface area contributed by atoms with E-state index < -0.39 is 8.32 Å². The van der Waals surface area contributed by atoms with Gasteiger partial charge in [-0.3, -0.25) is 10.6 Å². The van der Waals surface area contributed by atoms with Gasteiger partial charge in [0, 0.05) is 78.0 Å². The highest BCUT2D eigenvalue weighted by atomic mass is 35.5. The normalized spacial score (nSPS) is 15.3. The number of hydrogen-bond acceptors (Lipinski definition) is 13. The summed E-state index contributed by atoms with van der Waals surface area (Å²) in [6, 6.07) is 13.8. The molecule has 3 aliphatic heterocycles. The number of aliphatic hydroxyl groups is 2. The molecule has 17 nitrogen and oxygen atoms in total. The minimum atomic E-state index is -1.92. The number of aromatic hydroxyl groups is 1. The van der Waals surface area contributed by atoms with E-state index in [9.17, 15) is 14.7 Å². The van der Waals surface area contributed by atoms with Crippen molar-refractivity contribution in [2.45, 2.75) is 65.0 Å². The van der Waals surface area contributed by atoms with E-state index in [1.807, 2.05) is 30.3 Å². The summed E-state index contributed by atoms with van der Waals surface area (Å²) in [7, 11) is -1.92. The van der Waals surface area contributed by atoms with E-state index in [0.29, 0.717) is 64.0 Å². The molecular weight excluding hydrogens is 820 g/mol. The number of anilines is 4. The number of halogens is 1. The molecule has 0 bridgehead atoms. The van der Waals surface area contributed by atoms with Crippen molar-refractivity contribution in [2.75, 3.05) is 86.0 Å². The molecule has 0 aliphatic carbocycles. The van der Waals surface area contributed by atoms with Crippen LogP contribution in [0.15, 0.2) is 73.3 Å². The Morgan fingerprint density at radius 2 is 1.13 bits per heavy atom. The number of nitrogens with zero attached hydrogens (tertiary/aromatic N) is 8. The summed E-state index contributed by atoms with van der Waals surface area (Å²) >= 11 is 0. The number of aromatic nitrogens is 4. The van der Waals surface area contributed by atoms with E-state index in [1.165, 1.54) is 25.1 Å². The van der Waals surface area contributed by atoms with Crippen LogP contribution in [0.5, 0.6) is 11.5 Å². The lowest BCUT2D eigenvalue weighted by atomic mass is 10.2. The molecule has 7 rings (SSSR count). The number of aliphatic hydroxyl groups excluding tert-OH is 2. The van der Waals surface area contributed by atoms with Crippen LogP contribution < -0.4 is 24.9 Å². The summed E-state index contributed by atoms with van der Waals surface area (Å²) in [5.41, 5.74) is 1.56. The zero-order chi connectivity index (χ0) is 43.1. The molecule has 332 valence electrons. The second-order valence-corrected chi connectivity index (χ2v) is 20.9. The summed E-state index contributed by atoms with van der Waals surface area (Å²) in [6.45, 7) is 18.1. The number of nitrogens with one attached hydrogen (secondary N) is 2. The minimum absolute atomic E-state index is 0. The molecule has 0 spiro atoms. The molecule has 3 fully saturated rings. The van der Waals surface area contributed by atoms with Crippen molar-refractivity contribution in [3.8, 4) is 11.5 Å². The van der Waals surface area contributed by atoms with E-state index in [2.05, 4.69) is 74.2 Å². The predicted molar refractivity (Wildman–Crippen MR) is 241 cm³/mol. The Hall–Kier alpha value is -5.27. The van der Waals surface area contributed by atoms with Gasteiger partial charge in [-0.15, -0.1) is 12.4 Å². The van der Waals surface area contributed by atoms with Gasteiger partial charge < -0.3 is 44.1 Å². The van der Waals surface area contributed by atoms with E-state index in [-0.39, 0.29) is 48.5 Å². The Morgan fingerprint density at radius 3 is 1.46 bits per heavy atom. The first-order valence-electron chi connectivity index (χ1n) is 20.4. The van der Waals surface area contributed by atoms with Crippen molar-refractivity contribution in [3.05, 3.63) is 84.4 Å². The van der Waals surface area contributed by atoms with Gasteiger partial charge in [0.05, 0.1) is 25.6 Å². The third-order valence-corrected chi connectivity index (χ3v) is 15.1. The topological polar surface area (TPSA) is 202 Å². The molecule has 3 saturated heterocycles. The van der Waals surface area contributed by atoms with E-state index in [4.69, 9.17) is 19.4 Å². The fourth-order valence-electron chi connectivity index (χ4n) is 5.98. The Labute approximate surface area is 365 Å². The standard InChI is InChI=1S/C22H33N5O3Si.C16H19N5O3.C4H8O.ClH/c1-22(2,3)31(4,5)30-18-7-8-19(23-15-18)25-21(29)27-12-10-26(11-13-27)20-9-6-17(16-28)14-24-20;22-11-12-1-4-15(18-9-12)20-5-7-21(8-6-20)16(24)19-14-3-2-13(23)10-17-14;1-2-4-5-3-1;/h6-9,14-15,28H,10-13,16H2,1-5H3,(H,23,25,29);1-4,9-10,22-23H,5-8,11H2,(H,17,19,24);1-4H2;1H. The van der Waals surface area contributed by atoms with Crippen LogP contribution in [0.25, 0.3) is 0 Å². The van der Waals surface area contributed by atoms with Gasteiger partial charge >= 0.3 is 12.1 Å². The summed E-state index contributed by atoms with van der Waals surface area (Å²) < 4.78 is 11.2. The lowest BCUT2D eigenvalue weighted by molar-refractivity contribution is 0.198. The molecule has 4 amide bonds. The molecular formula is C42H61ClN10O7Si. The van der Waals surface area contributed by atoms with Gasteiger partial charge in [0.15, 0.2) is 0 Å². The van der Waals surface area contributed by atoms with Gasteiger partial charge in [-0.25, -0.2) is 29.5 Å². The van der Waals surface area contributed by atoms with Crippen LogP contribution in [0.2, 0.25) is 18.1 Å². The van der Waals surface area contributed by atoms with Gasteiger partial charge in [-0.05, 0) is 78.5 Å². The first kappa shape index (κ1) is 48.4. The molecule has 0 saturated carbocycles. The van der Waals surface area contributed by atoms with Crippen LogP contribution in [0, 0.1) is 0 Å². The summed E-state index contributed by atoms with van der Waals surface area (Å²) in [5, 5.41) is 33.1. The second kappa shape index (κ2) is 23.1. The molecule has 61 heavy (non-hydrogen) atoms. The van der Waals surface area contributed by atoms with Gasteiger partial charge in [0.1, 0.15) is 34.8 Å². The molecule has 4 aromatic rings. The Kier molecular flexibility index (Phi) is 18.3. The highest BCUT2D eigenvalue weighted by Crippen LogP contribution is 2.37. The van der Waals surface area contributed by atoms with Crippen LogP contribution >= 0.6 is 12.4 Å². The number of ether oxygens (including phenoxy) is 1. The minimum Gasteiger partial charge on any atom is -0.542 e. The zero-order valence-corrected chi connectivity index (χ0v) is 37.6. The van der Waals surface area contributed by atoms with Crippen molar-refractivity contribution < 1.29 is 34.1 Å². The number of amides is 4. The third-order valence-electron chi connectivity index (χ3n) is 10.7. The zero-order valence-electron chi connectivity index (χ0n) is 35.8. The number of piperazine rings is 2. The Balaban J connectivity index is 0.000000242. The van der Waals surface area contributed by atoms with Crippen LogP contribution in [-0.4, -0.2) is 131 Å². The molecule has 0 radical (unpaired) electrons. The summed E-state index contributed by atoms with van der Waals surface area (Å²) in [5.74, 6) is 3.40. The molecule has 5 N–H and O–H groups in total. The molecule has 0 atom stereocenters. The highest BCUT2D eigenvalue weighted by Gasteiger charge is 2.39. The molecule has 0 unspecified atom stereocenters. The third kappa shape index (κ3) is 14.7. The molecule has 7 heterocycles. The van der Waals surface area contributed by atoms with Crippen molar-refractivity contribution in [2.24, 2.45) is 0 Å². The van der Waals surface area contributed by atoms with Crippen LogP contribution in [0.3, 0.4) is 0 Å². The monoisotopic (exact) mass is 880 g/mol. The smallest absolute Gasteiger partial charge is 0.323 e. The average molecular weight is 882 g/mol. The number of pyridine rings is 4. The lowest BCUT2D eigenvalue weighted by Gasteiger charge is -2.36. The Morgan fingerprint density at radius 1 is 0.672 bits per heavy atom. The van der Waals surface area contributed by atoms with Crippen LogP contribution in [0.4, 0.5) is 32.9 Å². The molecule has 19 heteroatoms. The highest BCUT2D eigenvalue weighted by molar-refractivity contribution is 6.74. The van der Waals surface area contributed by atoms with E-state index in [1.54, 1.807) is 40.5 Å². The van der Waals surface area contributed by atoms with Crippen molar-refractivity contribution in [1.82, 2.24) is 29.7 Å². The molecule has 3 aliphatic rings. The number of rotatable bonds is 8. The first-order chi connectivity index (χ1) is 28.7. The maximum atomic E-state index is 12.6. The van der Waals surface area contributed by atoms with Gasteiger partial charge in [-0.1, -0.05) is 32.9 Å². The quantitative estimate of drug-likeness (QED) is 0.130. The number of hydrogen-bond donors (Lipinski definition) is 5. The van der Waals surface area contributed by atoms with Crippen LogP contribution in [0.1, 0.15) is 44.7 Å². The fourth-order valence-corrected chi connectivity index (χ4v) is 7.00. The van der Waals surface area contributed by atoms with Crippen molar-refractivity contribution >= 4 is 56.1 Å². The van der Waals surface area contributed by atoms with Crippen molar-refractivity contribution in [1.29, 1.82) is 0 Å². The van der Waals surface area contributed by atoms with E-state index >= 15 is 0 Å². The second-order valence-electron chi connectivity index (χ2n) is 16.1. The van der Waals surface area contributed by atoms with Crippen molar-refractivity contribution in [3.63, 3.8) is 0 Å². The first-order valence-corrected chi connectivity index (χ1v) is 23.3. The predicted octanol–water partition coefficient (Wildman–Crippen LogP) is 5.95. The number of carbonyl (C=O) groups is 2. The average Bonchev–Trinajstić information content (AvgIpc) is 3.86. The Bertz CT molecular complexity index is 1910.